The van der Waals surface area contributed by atoms with Crippen molar-refractivity contribution < 1.29 is 18.3 Å². The van der Waals surface area contributed by atoms with E-state index in [1.165, 1.54) is 38.0 Å². The van der Waals surface area contributed by atoms with E-state index in [1.54, 1.807) is 0 Å². The molecule has 0 radical (unpaired) electrons. The van der Waals surface area contributed by atoms with Gasteiger partial charge in [-0.3, -0.25) is 4.99 Å². The lowest BCUT2D eigenvalue weighted by molar-refractivity contribution is 0.103. The van der Waals surface area contributed by atoms with Crippen LogP contribution < -0.4 is 0 Å². The Morgan fingerprint density at radius 2 is 1.79 bits per heavy atom. The second kappa shape index (κ2) is 21.5. The number of hydrogen-bond donors (Lipinski definition) is 1. The summed E-state index contributed by atoms with van der Waals surface area (Å²) in [6.45, 7) is 14.2. The Bertz CT molecular complexity index is 890. The fourth-order valence-electron chi connectivity index (χ4n) is 3.63. The molecule has 0 saturated heterocycles. The van der Waals surface area contributed by atoms with E-state index in [-0.39, 0.29) is 24.8 Å². The number of aliphatic imine (C=N–C) groups is 1. The van der Waals surface area contributed by atoms with Gasteiger partial charge < -0.3 is 5.11 Å². The van der Waals surface area contributed by atoms with E-state index in [1.807, 2.05) is 48.2 Å². The number of aliphatic hydroxyl groups excluding tert-OH is 1. The summed E-state index contributed by atoms with van der Waals surface area (Å²) in [5, 5.41) is 13.3. The average molecular weight is 538 g/mol. The number of alkyl halides is 2. The van der Waals surface area contributed by atoms with Crippen molar-refractivity contribution in [3.63, 3.8) is 0 Å². The Labute approximate surface area is 229 Å². The fourth-order valence-corrected chi connectivity index (χ4v) is 3.63. The molecule has 1 aromatic rings. The van der Waals surface area contributed by atoms with Crippen LogP contribution in [0.2, 0.25) is 0 Å². The minimum absolute atomic E-state index is 0.0803. The summed E-state index contributed by atoms with van der Waals surface area (Å²) in [5.74, 6) is 0.327. The van der Waals surface area contributed by atoms with Crippen LogP contribution in [0.3, 0.4) is 0 Å². The molecular weight excluding hydrogens is 487 g/mol. The fraction of sp³-hybridized carbons (Fsp3) is 0.613. The summed E-state index contributed by atoms with van der Waals surface area (Å²) in [6, 6.07) is 2.17. The van der Waals surface area contributed by atoms with Crippen molar-refractivity contribution in [3.8, 4) is 0 Å². The first kappa shape index (κ1) is 35.6. The summed E-state index contributed by atoms with van der Waals surface area (Å²) < 4.78 is 38.2. The van der Waals surface area contributed by atoms with E-state index < -0.39 is 12.5 Å². The van der Waals surface area contributed by atoms with Crippen molar-refractivity contribution in [2.75, 3.05) is 0 Å². The predicted molar refractivity (Wildman–Crippen MR) is 157 cm³/mol. The molecule has 3 atom stereocenters. The highest BCUT2D eigenvalue weighted by Gasteiger charge is 2.20. The lowest BCUT2D eigenvalue weighted by atomic mass is 9.95. The molecule has 0 aliphatic heterocycles. The number of nitrogens with zero attached hydrogens (tertiary/aromatic N) is 3. The summed E-state index contributed by atoms with van der Waals surface area (Å²) in [6.07, 6.45) is 16.1. The Morgan fingerprint density at radius 3 is 2.32 bits per heavy atom. The van der Waals surface area contributed by atoms with Crippen molar-refractivity contribution in [2.24, 2.45) is 4.99 Å². The van der Waals surface area contributed by atoms with Crippen LogP contribution in [0, 0.1) is 0 Å². The van der Waals surface area contributed by atoms with Crippen molar-refractivity contribution in [1.29, 1.82) is 0 Å². The van der Waals surface area contributed by atoms with Gasteiger partial charge in [0.25, 0.3) is 0 Å². The van der Waals surface area contributed by atoms with Gasteiger partial charge in [0.1, 0.15) is 12.0 Å². The molecule has 0 spiro atoms. The number of allylic oxidation sites excluding steroid dienone is 8. The first-order valence-electron chi connectivity index (χ1n) is 14.1. The molecule has 4 nitrogen and oxygen atoms in total. The zero-order valence-corrected chi connectivity index (χ0v) is 24.5. The Hall–Kier alpha value is -2.41. The zero-order chi connectivity index (χ0) is 28.9. The quantitative estimate of drug-likeness (QED) is 0.270. The normalized spacial score (nSPS) is 15.8. The van der Waals surface area contributed by atoms with Gasteiger partial charge in [-0.1, -0.05) is 71.3 Å². The number of aromatic nitrogens is 2. The van der Waals surface area contributed by atoms with Gasteiger partial charge in [0.2, 0.25) is 6.43 Å². The lowest BCUT2D eigenvalue weighted by Gasteiger charge is -2.18. The second-order valence-corrected chi connectivity index (χ2v) is 9.47. The molecule has 1 aliphatic carbocycles. The largest absolute Gasteiger partial charge is 0.393 e. The molecule has 0 saturated carbocycles. The monoisotopic (exact) mass is 537 g/mol. The van der Waals surface area contributed by atoms with Crippen LogP contribution in [-0.4, -0.2) is 33.6 Å². The van der Waals surface area contributed by atoms with Gasteiger partial charge in [-0.05, 0) is 58.3 Å². The van der Waals surface area contributed by atoms with Crippen molar-refractivity contribution in [1.82, 2.24) is 9.78 Å². The van der Waals surface area contributed by atoms with Gasteiger partial charge in [-0.25, -0.2) is 17.9 Å². The summed E-state index contributed by atoms with van der Waals surface area (Å²) in [5.41, 5.74) is 3.04. The Kier molecular flexibility index (Phi) is 20.2. The second-order valence-electron chi connectivity index (χ2n) is 9.47. The van der Waals surface area contributed by atoms with Crippen LogP contribution in [0.5, 0.6) is 0 Å². The molecule has 216 valence electrons. The molecule has 1 aliphatic rings. The molecule has 7 heteroatoms. The summed E-state index contributed by atoms with van der Waals surface area (Å²) in [7, 11) is 0. The van der Waals surface area contributed by atoms with Crippen LogP contribution in [-0.2, 0) is 0 Å². The topological polar surface area (TPSA) is 50.4 Å². The maximum absolute atomic E-state index is 13.6. The van der Waals surface area contributed by atoms with E-state index in [9.17, 15) is 13.2 Å². The third-order valence-corrected chi connectivity index (χ3v) is 5.67. The number of halogens is 3. The molecule has 38 heavy (non-hydrogen) atoms. The number of unbranched alkanes of at least 4 members (excludes halogenated alkanes) is 1. The summed E-state index contributed by atoms with van der Waals surface area (Å²) >= 11 is 0. The Morgan fingerprint density at radius 1 is 1.11 bits per heavy atom. The maximum atomic E-state index is 13.6. The molecule has 0 fully saturated rings. The molecular formula is C31H50F3N3O. The van der Waals surface area contributed by atoms with Gasteiger partial charge in [-0.2, -0.15) is 5.10 Å². The van der Waals surface area contributed by atoms with Gasteiger partial charge in [0, 0.05) is 36.2 Å². The zero-order valence-electron chi connectivity index (χ0n) is 24.5. The third-order valence-electron chi connectivity index (χ3n) is 5.67. The van der Waals surface area contributed by atoms with E-state index in [2.05, 4.69) is 45.7 Å². The smallest absolute Gasteiger partial charge is 0.238 e. The van der Waals surface area contributed by atoms with Crippen LogP contribution in [0.1, 0.15) is 123 Å². The van der Waals surface area contributed by atoms with E-state index in [4.69, 9.17) is 10.2 Å². The molecule has 1 aromatic heterocycles. The molecule has 2 rings (SSSR count). The number of hydrogen-bond acceptors (Lipinski definition) is 3. The highest BCUT2D eigenvalue weighted by molar-refractivity contribution is 5.74. The van der Waals surface area contributed by atoms with Crippen LogP contribution >= 0.6 is 0 Å². The average Bonchev–Trinajstić information content (AvgIpc) is 3.20. The molecule has 3 unspecified atom stereocenters. The molecule has 0 amide bonds. The molecule has 1 N–H and O–H groups in total. The first-order valence-corrected chi connectivity index (χ1v) is 14.1. The highest BCUT2D eigenvalue weighted by atomic mass is 19.3. The van der Waals surface area contributed by atoms with Crippen molar-refractivity contribution in [2.45, 2.75) is 124 Å². The van der Waals surface area contributed by atoms with Crippen molar-refractivity contribution >= 4 is 11.8 Å². The van der Waals surface area contributed by atoms with E-state index in [0.717, 1.165) is 24.1 Å². The van der Waals surface area contributed by atoms with E-state index >= 15 is 0 Å². The minimum atomic E-state index is -2.27. The highest BCUT2D eigenvalue weighted by Crippen LogP contribution is 2.31. The number of rotatable bonds is 12. The summed E-state index contributed by atoms with van der Waals surface area (Å²) in [4.78, 5) is 4.61. The minimum Gasteiger partial charge on any atom is -0.393 e. The van der Waals surface area contributed by atoms with Gasteiger partial charge in [0.15, 0.2) is 0 Å². The van der Waals surface area contributed by atoms with Gasteiger partial charge in [-0.15, -0.1) is 0 Å². The van der Waals surface area contributed by atoms with Crippen LogP contribution in [0.4, 0.5) is 13.2 Å². The third kappa shape index (κ3) is 15.1. The SMILES string of the molecule is C/C=C\C=N/C(C)n1nc(C2=CC=C(F)CC=C2)cc1C(CC)CCCC.CC(O)CCC(F)F.CCC. The molecule has 0 aromatic carbocycles. The van der Waals surface area contributed by atoms with Crippen LogP contribution in [0.15, 0.2) is 53.3 Å². The molecule has 0 bridgehead atoms. The van der Waals surface area contributed by atoms with Crippen molar-refractivity contribution in [3.05, 3.63) is 59.7 Å². The van der Waals surface area contributed by atoms with Crippen LogP contribution in [0.25, 0.3) is 5.57 Å². The standard InChI is InChI=1S/C23H32FN3.C5H10F2O.C3H8/c1-5-8-11-19(7-3)23-17-22(20-12-10-13-21(24)15-14-20)26-27(23)18(4)25-16-9-6-2;1-4(8)2-3-5(6)7;1-3-2/h6,9-10,12,14-19H,5,7-8,11,13H2,1-4H3;4-5,8H,2-3H2,1H3;3H2,1-2H3/b9-6-,25-16-;;. The maximum Gasteiger partial charge on any atom is 0.238 e. The van der Waals surface area contributed by atoms with Gasteiger partial charge >= 0.3 is 0 Å². The lowest BCUT2D eigenvalue weighted by Crippen LogP contribution is -2.12. The van der Waals surface area contributed by atoms with Gasteiger partial charge in [0.05, 0.1) is 11.8 Å². The molecule has 1 heterocycles. The number of aliphatic hydroxyl groups is 1. The van der Waals surface area contributed by atoms with E-state index in [0.29, 0.717) is 12.3 Å². The first-order chi connectivity index (χ1) is 18.1. The Balaban J connectivity index is 0.00000105. The predicted octanol–water partition coefficient (Wildman–Crippen LogP) is 9.76.